The fraction of sp³-hybridized carbons (Fsp3) is 0.0769. The third-order valence-electron chi connectivity index (χ3n) is 5.91. The molecule has 9 nitrogen and oxygen atoms in total. The molecule has 0 bridgehead atoms. The highest BCUT2D eigenvalue weighted by atomic mass is 16.3. The lowest BCUT2D eigenvalue weighted by Gasteiger charge is -2.05. The molecule has 1 amide bonds. The zero-order valence-electron chi connectivity index (χ0n) is 19.1. The molecule has 6 N–H and O–H groups in total. The van der Waals surface area contributed by atoms with E-state index in [1.807, 2.05) is 36.4 Å². The van der Waals surface area contributed by atoms with E-state index in [9.17, 15) is 9.90 Å². The smallest absolute Gasteiger partial charge is 0.251 e. The Morgan fingerprint density at radius 3 is 2.23 bits per heavy atom. The first-order valence-electron chi connectivity index (χ1n) is 10.9. The maximum atomic E-state index is 11.8. The van der Waals surface area contributed by atoms with Gasteiger partial charge in [-0.05, 0) is 41.5 Å². The first-order valence-corrected chi connectivity index (χ1v) is 10.9. The van der Waals surface area contributed by atoms with E-state index in [4.69, 9.17) is 11.1 Å². The molecule has 5 rings (SSSR count). The number of benzene rings is 3. The number of aryl methyl sites for hydroxylation is 1. The summed E-state index contributed by atoms with van der Waals surface area (Å²) in [7, 11) is 3.35. The number of rotatable bonds is 5. The molecule has 0 aliphatic rings. The third-order valence-corrected chi connectivity index (χ3v) is 5.91. The molecule has 0 radical (unpaired) electrons. The summed E-state index contributed by atoms with van der Waals surface area (Å²) >= 11 is 0. The largest absolute Gasteiger partial charge is 0.504 e. The Labute approximate surface area is 200 Å². The first kappa shape index (κ1) is 21.9. The molecule has 0 aliphatic carbocycles. The molecular weight excluding hydrogens is 442 g/mol. The zero-order valence-corrected chi connectivity index (χ0v) is 19.1. The van der Waals surface area contributed by atoms with E-state index in [0.29, 0.717) is 39.4 Å². The van der Waals surface area contributed by atoms with Crippen molar-refractivity contribution < 1.29 is 9.90 Å². The predicted molar refractivity (Wildman–Crippen MR) is 135 cm³/mol. The van der Waals surface area contributed by atoms with Gasteiger partial charge in [-0.15, -0.1) is 0 Å². The van der Waals surface area contributed by atoms with Crippen LogP contribution in [0.15, 0.2) is 66.7 Å². The summed E-state index contributed by atoms with van der Waals surface area (Å²) < 4.78 is 1.58. The van der Waals surface area contributed by atoms with E-state index < -0.39 is 0 Å². The minimum absolute atomic E-state index is 0.0148. The van der Waals surface area contributed by atoms with Gasteiger partial charge < -0.3 is 21.1 Å². The molecule has 2 heterocycles. The van der Waals surface area contributed by atoms with E-state index in [1.54, 1.807) is 49.1 Å². The topological polar surface area (TPSA) is 146 Å². The number of hydrogen-bond donors (Lipinski definition) is 5. The predicted octanol–water partition coefficient (Wildman–Crippen LogP) is 3.65. The van der Waals surface area contributed by atoms with Gasteiger partial charge in [-0.3, -0.25) is 14.9 Å². The van der Waals surface area contributed by atoms with Crippen LogP contribution in [0.2, 0.25) is 0 Å². The summed E-state index contributed by atoms with van der Waals surface area (Å²) in [4.78, 5) is 19.5. The summed E-state index contributed by atoms with van der Waals surface area (Å²) in [6.07, 6.45) is 0. The van der Waals surface area contributed by atoms with Crippen molar-refractivity contribution in [3.8, 4) is 39.7 Å². The van der Waals surface area contributed by atoms with E-state index in [2.05, 4.69) is 20.4 Å². The van der Waals surface area contributed by atoms with Crippen molar-refractivity contribution in [1.29, 1.82) is 5.41 Å². The van der Waals surface area contributed by atoms with Crippen LogP contribution in [-0.2, 0) is 7.05 Å². The van der Waals surface area contributed by atoms with Crippen molar-refractivity contribution in [1.82, 2.24) is 25.1 Å². The Morgan fingerprint density at radius 1 is 1.00 bits per heavy atom. The highest BCUT2D eigenvalue weighted by molar-refractivity contribution is 5.98. The van der Waals surface area contributed by atoms with Crippen LogP contribution in [0, 0.1) is 5.41 Å². The number of aromatic hydroxyl groups is 1. The number of amidine groups is 1. The van der Waals surface area contributed by atoms with Gasteiger partial charge in [0.1, 0.15) is 17.2 Å². The van der Waals surface area contributed by atoms with Crippen LogP contribution in [0.4, 0.5) is 0 Å². The number of nitrogen functional groups attached to an aromatic ring is 1. The fourth-order valence-electron chi connectivity index (χ4n) is 4.04. The summed E-state index contributed by atoms with van der Waals surface area (Å²) in [5.41, 5.74) is 11.8. The highest BCUT2D eigenvalue weighted by Gasteiger charge is 2.21. The molecule has 0 saturated carbocycles. The molecule has 3 aromatic carbocycles. The lowest BCUT2D eigenvalue weighted by atomic mass is 10.0. The summed E-state index contributed by atoms with van der Waals surface area (Å²) in [5, 5.41) is 25.8. The average molecular weight is 466 g/mol. The molecule has 2 aromatic heterocycles. The number of fused-ring (bicyclic) bond motifs is 1. The molecule has 0 unspecified atom stereocenters. The number of nitrogens with zero attached hydrogens (tertiary/aromatic N) is 3. The first-order chi connectivity index (χ1) is 16.9. The Kier molecular flexibility index (Phi) is 5.29. The number of amides is 1. The van der Waals surface area contributed by atoms with Crippen LogP contribution in [0.5, 0.6) is 5.75 Å². The van der Waals surface area contributed by atoms with Crippen LogP contribution in [0.3, 0.4) is 0 Å². The number of nitrogens with one attached hydrogen (secondary N) is 3. The second kappa shape index (κ2) is 8.45. The SMILES string of the molecule is CNC(=O)c1ccc(-c2ccc(-c3nn(C)c(-c4nc5ccc(C(=N)N)cc5[nH]4)c3O)cc2)cc1. The Balaban J connectivity index is 1.46. The minimum Gasteiger partial charge on any atom is -0.504 e. The van der Waals surface area contributed by atoms with Crippen LogP contribution >= 0.6 is 0 Å². The second-order valence-electron chi connectivity index (χ2n) is 8.13. The standard InChI is InChI=1S/C26H23N7O2/c1-29-26(35)17-9-5-15(6-10-17)14-3-7-16(8-4-14)21-23(34)22(33(2)32-21)25-30-19-12-11-18(24(27)28)13-20(19)31-25/h3-13,34H,1-2H3,(H3,27,28)(H,29,35)(H,30,31). The van der Waals surface area contributed by atoms with Gasteiger partial charge in [-0.2, -0.15) is 5.10 Å². The van der Waals surface area contributed by atoms with Crippen molar-refractivity contribution in [2.45, 2.75) is 0 Å². The molecule has 9 heteroatoms. The average Bonchev–Trinajstić information content (AvgIpc) is 3.42. The second-order valence-corrected chi connectivity index (χ2v) is 8.13. The monoisotopic (exact) mass is 465 g/mol. The van der Waals surface area contributed by atoms with Gasteiger partial charge in [-0.1, -0.05) is 36.4 Å². The minimum atomic E-state index is -0.128. The lowest BCUT2D eigenvalue weighted by molar-refractivity contribution is 0.0963. The number of imidazole rings is 1. The Morgan fingerprint density at radius 2 is 1.60 bits per heavy atom. The summed E-state index contributed by atoms with van der Waals surface area (Å²) in [6, 6.07) is 20.3. The third kappa shape index (κ3) is 3.89. The van der Waals surface area contributed by atoms with Gasteiger partial charge in [-0.25, -0.2) is 4.98 Å². The van der Waals surface area contributed by atoms with E-state index in [1.165, 1.54) is 0 Å². The lowest BCUT2D eigenvalue weighted by Crippen LogP contribution is -2.17. The van der Waals surface area contributed by atoms with Crippen molar-refractivity contribution >= 4 is 22.8 Å². The zero-order chi connectivity index (χ0) is 24.7. The Bertz CT molecular complexity index is 1580. The van der Waals surface area contributed by atoms with Crippen molar-refractivity contribution in [2.24, 2.45) is 12.8 Å². The molecule has 0 spiro atoms. The molecule has 35 heavy (non-hydrogen) atoms. The fourth-order valence-corrected chi connectivity index (χ4v) is 4.04. The maximum absolute atomic E-state index is 11.8. The van der Waals surface area contributed by atoms with Gasteiger partial charge in [0.15, 0.2) is 11.6 Å². The number of carbonyl (C=O) groups excluding carboxylic acids is 1. The molecule has 0 fully saturated rings. The number of carbonyl (C=O) groups is 1. The van der Waals surface area contributed by atoms with Gasteiger partial charge in [0.05, 0.1) is 11.0 Å². The molecular formula is C26H23N7O2. The van der Waals surface area contributed by atoms with Crippen molar-refractivity contribution in [3.05, 3.63) is 77.9 Å². The highest BCUT2D eigenvalue weighted by Crippen LogP contribution is 2.37. The van der Waals surface area contributed by atoms with E-state index in [-0.39, 0.29) is 17.5 Å². The Hall–Kier alpha value is -4.92. The van der Waals surface area contributed by atoms with Crippen LogP contribution < -0.4 is 11.1 Å². The molecule has 174 valence electrons. The van der Waals surface area contributed by atoms with Crippen molar-refractivity contribution in [2.75, 3.05) is 7.05 Å². The molecule has 5 aromatic rings. The number of aromatic amines is 1. The van der Waals surface area contributed by atoms with Crippen LogP contribution in [-0.4, -0.2) is 43.6 Å². The number of aromatic nitrogens is 4. The molecule has 0 atom stereocenters. The van der Waals surface area contributed by atoms with Gasteiger partial charge in [0, 0.05) is 30.8 Å². The quantitative estimate of drug-likeness (QED) is 0.199. The summed E-state index contributed by atoms with van der Waals surface area (Å²) in [5.74, 6) is 0.324. The van der Waals surface area contributed by atoms with Gasteiger partial charge in [0.2, 0.25) is 0 Å². The summed E-state index contributed by atoms with van der Waals surface area (Å²) in [6.45, 7) is 0. The van der Waals surface area contributed by atoms with E-state index >= 15 is 0 Å². The van der Waals surface area contributed by atoms with Crippen molar-refractivity contribution in [3.63, 3.8) is 0 Å². The number of nitrogens with two attached hydrogens (primary N) is 1. The van der Waals surface area contributed by atoms with Crippen LogP contribution in [0.25, 0.3) is 44.9 Å². The maximum Gasteiger partial charge on any atom is 0.251 e. The van der Waals surface area contributed by atoms with E-state index in [0.717, 1.165) is 16.7 Å². The molecule has 0 aliphatic heterocycles. The van der Waals surface area contributed by atoms with Gasteiger partial charge >= 0.3 is 0 Å². The van der Waals surface area contributed by atoms with Crippen LogP contribution in [0.1, 0.15) is 15.9 Å². The number of H-pyrrole nitrogens is 1. The number of hydrogen-bond acceptors (Lipinski definition) is 5. The molecule has 0 saturated heterocycles. The van der Waals surface area contributed by atoms with Gasteiger partial charge in [0.25, 0.3) is 5.91 Å². The normalized spacial score (nSPS) is 11.0.